The van der Waals surface area contributed by atoms with Crippen molar-refractivity contribution in [3.05, 3.63) is 59.4 Å². The van der Waals surface area contributed by atoms with Gasteiger partial charge in [-0.2, -0.15) is 0 Å². The number of anilines is 1. The van der Waals surface area contributed by atoms with Crippen LogP contribution in [0.2, 0.25) is 0 Å². The minimum absolute atomic E-state index is 0.0369. The Morgan fingerprint density at radius 2 is 1.71 bits per heavy atom. The van der Waals surface area contributed by atoms with Crippen LogP contribution < -0.4 is 4.72 Å². The molecular formula is C20H24FN3O3S. The second-order valence-corrected chi connectivity index (χ2v) is 8.47. The summed E-state index contributed by atoms with van der Waals surface area (Å²) in [5.41, 5.74) is 1.13. The van der Waals surface area contributed by atoms with Gasteiger partial charge in [-0.3, -0.25) is 9.52 Å². The molecule has 1 saturated heterocycles. The van der Waals surface area contributed by atoms with E-state index in [0.29, 0.717) is 24.2 Å². The molecule has 1 aliphatic heterocycles. The number of hydrogen-bond donors (Lipinski definition) is 1. The molecule has 2 aromatic carbocycles. The highest BCUT2D eigenvalue weighted by Crippen LogP contribution is 2.22. The number of nitrogens with one attached hydrogen (secondary N) is 1. The number of carbonyl (C=O) groups is 1. The summed E-state index contributed by atoms with van der Waals surface area (Å²) in [6.07, 6.45) is 0. The standard InChI is InChI=1S/C20H24FN3O3S/c1-3-23-10-12-24(13-11-23)20(25)16-5-4-15(2)19(14-16)28(26,27)22-18-8-6-17(21)7-9-18/h4-9,14,22H,3,10-13H2,1-2H3. The van der Waals surface area contributed by atoms with Crippen molar-refractivity contribution in [3.63, 3.8) is 0 Å². The Labute approximate surface area is 165 Å². The Hall–Kier alpha value is -2.45. The van der Waals surface area contributed by atoms with Crippen LogP contribution in [0, 0.1) is 12.7 Å². The van der Waals surface area contributed by atoms with E-state index in [9.17, 15) is 17.6 Å². The van der Waals surface area contributed by atoms with E-state index in [-0.39, 0.29) is 16.5 Å². The first-order valence-electron chi connectivity index (χ1n) is 9.21. The molecule has 6 nitrogen and oxygen atoms in total. The lowest BCUT2D eigenvalue weighted by molar-refractivity contribution is 0.0643. The number of benzene rings is 2. The third-order valence-electron chi connectivity index (χ3n) is 4.93. The minimum atomic E-state index is -3.91. The zero-order valence-electron chi connectivity index (χ0n) is 16.0. The highest BCUT2D eigenvalue weighted by atomic mass is 32.2. The second-order valence-electron chi connectivity index (χ2n) is 6.82. The van der Waals surface area contributed by atoms with Gasteiger partial charge in [0.2, 0.25) is 0 Å². The zero-order chi connectivity index (χ0) is 20.3. The van der Waals surface area contributed by atoms with E-state index in [1.807, 2.05) is 0 Å². The minimum Gasteiger partial charge on any atom is -0.336 e. The first-order valence-corrected chi connectivity index (χ1v) is 10.7. The van der Waals surface area contributed by atoms with Gasteiger partial charge in [0, 0.05) is 37.4 Å². The largest absolute Gasteiger partial charge is 0.336 e. The molecule has 150 valence electrons. The molecule has 0 radical (unpaired) electrons. The Bertz CT molecular complexity index is 953. The average molecular weight is 405 g/mol. The van der Waals surface area contributed by atoms with Gasteiger partial charge in [0.15, 0.2) is 0 Å². The van der Waals surface area contributed by atoms with Crippen LogP contribution in [0.4, 0.5) is 10.1 Å². The van der Waals surface area contributed by atoms with Crippen molar-refractivity contribution in [3.8, 4) is 0 Å². The summed E-state index contributed by atoms with van der Waals surface area (Å²) in [7, 11) is -3.91. The van der Waals surface area contributed by atoms with Crippen LogP contribution in [0.15, 0.2) is 47.4 Å². The molecule has 0 aliphatic carbocycles. The van der Waals surface area contributed by atoms with Gasteiger partial charge in [-0.1, -0.05) is 13.0 Å². The summed E-state index contributed by atoms with van der Waals surface area (Å²) in [5.74, 6) is -0.621. The van der Waals surface area contributed by atoms with Crippen molar-refractivity contribution in [2.75, 3.05) is 37.4 Å². The van der Waals surface area contributed by atoms with E-state index in [1.165, 1.54) is 30.3 Å². The van der Waals surface area contributed by atoms with Gasteiger partial charge in [0.1, 0.15) is 5.82 Å². The fraction of sp³-hybridized carbons (Fsp3) is 0.350. The molecule has 0 atom stereocenters. The molecule has 8 heteroatoms. The highest BCUT2D eigenvalue weighted by Gasteiger charge is 2.24. The van der Waals surface area contributed by atoms with Gasteiger partial charge in [-0.25, -0.2) is 12.8 Å². The van der Waals surface area contributed by atoms with Crippen LogP contribution in [-0.4, -0.2) is 56.8 Å². The lowest BCUT2D eigenvalue weighted by Crippen LogP contribution is -2.48. The third kappa shape index (κ3) is 4.51. The molecular weight excluding hydrogens is 381 g/mol. The van der Waals surface area contributed by atoms with E-state index in [0.717, 1.165) is 19.6 Å². The van der Waals surface area contributed by atoms with Crippen LogP contribution >= 0.6 is 0 Å². The summed E-state index contributed by atoms with van der Waals surface area (Å²) in [4.78, 5) is 16.9. The van der Waals surface area contributed by atoms with Gasteiger partial charge >= 0.3 is 0 Å². The fourth-order valence-electron chi connectivity index (χ4n) is 3.20. The van der Waals surface area contributed by atoms with E-state index in [2.05, 4.69) is 16.5 Å². The predicted octanol–water partition coefficient (Wildman–Crippen LogP) is 2.71. The number of sulfonamides is 1. The molecule has 1 fully saturated rings. The van der Waals surface area contributed by atoms with Gasteiger partial charge in [0.25, 0.3) is 15.9 Å². The summed E-state index contributed by atoms with van der Waals surface area (Å²) in [6.45, 7) is 7.57. The molecule has 28 heavy (non-hydrogen) atoms. The number of piperazine rings is 1. The summed E-state index contributed by atoms with van der Waals surface area (Å²) >= 11 is 0. The number of amides is 1. The molecule has 1 amide bonds. The molecule has 0 unspecified atom stereocenters. The maximum absolute atomic E-state index is 13.0. The lowest BCUT2D eigenvalue weighted by atomic mass is 10.1. The van der Waals surface area contributed by atoms with Crippen LogP contribution in [0.1, 0.15) is 22.8 Å². The monoisotopic (exact) mass is 405 g/mol. The second kappa shape index (κ2) is 8.28. The van der Waals surface area contributed by atoms with Crippen molar-refractivity contribution >= 4 is 21.6 Å². The van der Waals surface area contributed by atoms with Gasteiger partial charge in [-0.05, 0) is 55.4 Å². The number of likely N-dealkylation sites (N-methyl/N-ethyl adjacent to an activating group) is 1. The van der Waals surface area contributed by atoms with Gasteiger partial charge < -0.3 is 9.80 Å². The first-order chi connectivity index (χ1) is 13.3. The number of halogens is 1. The molecule has 2 aromatic rings. The third-order valence-corrected chi connectivity index (χ3v) is 6.45. The van der Waals surface area contributed by atoms with Crippen molar-refractivity contribution in [2.45, 2.75) is 18.7 Å². The van der Waals surface area contributed by atoms with Crippen molar-refractivity contribution in [1.82, 2.24) is 9.80 Å². The molecule has 3 rings (SSSR count). The Morgan fingerprint density at radius 1 is 1.07 bits per heavy atom. The molecule has 0 bridgehead atoms. The number of hydrogen-bond acceptors (Lipinski definition) is 4. The molecule has 0 saturated carbocycles. The summed E-state index contributed by atoms with van der Waals surface area (Å²) < 4.78 is 41.1. The van der Waals surface area contributed by atoms with E-state index in [4.69, 9.17) is 0 Å². The zero-order valence-corrected chi connectivity index (χ0v) is 16.8. The maximum atomic E-state index is 13.0. The quantitative estimate of drug-likeness (QED) is 0.831. The molecule has 0 aromatic heterocycles. The summed E-state index contributed by atoms with van der Waals surface area (Å²) in [6, 6.07) is 9.77. The van der Waals surface area contributed by atoms with E-state index < -0.39 is 15.8 Å². The van der Waals surface area contributed by atoms with Gasteiger partial charge in [-0.15, -0.1) is 0 Å². The number of carbonyl (C=O) groups excluding carboxylic acids is 1. The van der Waals surface area contributed by atoms with Crippen LogP contribution in [0.5, 0.6) is 0 Å². The Kier molecular flexibility index (Phi) is 6.00. The lowest BCUT2D eigenvalue weighted by Gasteiger charge is -2.34. The highest BCUT2D eigenvalue weighted by molar-refractivity contribution is 7.92. The number of nitrogens with zero attached hydrogens (tertiary/aromatic N) is 2. The molecule has 1 heterocycles. The Balaban J connectivity index is 1.82. The smallest absolute Gasteiger partial charge is 0.262 e. The topological polar surface area (TPSA) is 69.7 Å². The number of aryl methyl sites for hydroxylation is 1. The van der Waals surface area contributed by atoms with Crippen LogP contribution in [-0.2, 0) is 10.0 Å². The maximum Gasteiger partial charge on any atom is 0.262 e. The fourth-order valence-corrected chi connectivity index (χ4v) is 4.53. The van der Waals surface area contributed by atoms with E-state index in [1.54, 1.807) is 24.0 Å². The van der Waals surface area contributed by atoms with Crippen molar-refractivity contribution < 1.29 is 17.6 Å². The number of rotatable bonds is 5. The Morgan fingerprint density at radius 3 is 2.32 bits per heavy atom. The molecule has 1 N–H and O–H groups in total. The SMILES string of the molecule is CCN1CCN(C(=O)c2ccc(C)c(S(=O)(=O)Nc3ccc(F)cc3)c2)CC1. The van der Waals surface area contributed by atoms with E-state index >= 15 is 0 Å². The van der Waals surface area contributed by atoms with Gasteiger partial charge in [0.05, 0.1) is 4.90 Å². The summed E-state index contributed by atoms with van der Waals surface area (Å²) in [5, 5.41) is 0. The van der Waals surface area contributed by atoms with Crippen LogP contribution in [0.3, 0.4) is 0 Å². The molecule has 0 spiro atoms. The van der Waals surface area contributed by atoms with Crippen LogP contribution in [0.25, 0.3) is 0 Å². The van der Waals surface area contributed by atoms with Crippen molar-refractivity contribution in [2.24, 2.45) is 0 Å². The predicted molar refractivity (Wildman–Crippen MR) is 106 cm³/mol. The first kappa shape index (κ1) is 20.3. The normalized spacial score (nSPS) is 15.5. The average Bonchev–Trinajstić information content (AvgIpc) is 2.69. The van der Waals surface area contributed by atoms with Crippen molar-refractivity contribution in [1.29, 1.82) is 0 Å². The molecule has 1 aliphatic rings.